The van der Waals surface area contributed by atoms with Gasteiger partial charge in [0.05, 0.1) is 33.5 Å². The lowest BCUT2D eigenvalue weighted by atomic mass is 9.94. The van der Waals surface area contributed by atoms with E-state index in [1.807, 2.05) is 0 Å². The van der Waals surface area contributed by atoms with E-state index in [0.717, 1.165) is 42.5 Å². The number of benzene rings is 3. The smallest absolute Gasteiger partial charge is 0.336 e. The van der Waals surface area contributed by atoms with Crippen LogP contribution in [0, 0.1) is 5.82 Å². The lowest BCUT2D eigenvalue weighted by molar-refractivity contribution is -0.290. The van der Waals surface area contributed by atoms with Crippen LogP contribution in [0.3, 0.4) is 0 Å². The molecule has 0 radical (unpaired) electrons. The molecule has 4 rings (SSSR count). The second-order valence-electron chi connectivity index (χ2n) is 7.70. The predicted octanol–water partition coefficient (Wildman–Crippen LogP) is 3.34. The Labute approximate surface area is 196 Å². The molecule has 0 spiro atoms. The molecule has 0 atom stereocenters. The van der Waals surface area contributed by atoms with Gasteiger partial charge in [-0.1, -0.05) is 18.2 Å². The topological polar surface area (TPSA) is 116 Å². The molecule has 0 aliphatic rings. The maximum Gasteiger partial charge on any atom is 0.416 e. The van der Waals surface area contributed by atoms with Crippen molar-refractivity contribution < 1.29 is 46.8 Å². The second kappa shape index (κ2) is 8.41. The number of aromatic nitrogens is 2. The Kier molecular flexibility index (Phi) is 5.92. The van der Waals surface area contributed by atoms with Gasteiger partial charge in [0.15, 0.2) is 0 Å². The lowest BCUT2D eigenvalue weighted by Gasteiger charge is -2.24. The molecule has 188 valence electrons. The van der Waals surface area contributed by atoms with E-state index in [1.165, 1.54) is 0 Å². The van der Waals surface area contributed by atoms with Gasteiger partial charge in [0.2, 0.25) is 0 Å². The average molecular weight is 512 g/mol. The minimum atomic E-state index is -4.69. The van der Waals surface area contributed by atoms with Gasteiger partial charge < -0.3 is 20.4 Å². The van der Waals surface area contributed by atoms with Crippen molar-refractivity contribution in [3.63, 3.8) is 0 Å². The van der Waals surface area contributed by atoms with E-state index in [4.69, 9.17) is 0 Å². The summed E-state index contributed by atoms with van der Waals surface area (Å²) in [5.41, 5.74) is -6.14. The molecule has 13 heteroatoms. The monoisotopic (exact) mass is 512 g/mol. The maximum atomic E-state index is 14.4. The van der Waals surface area contributed by atoms with Crippen LogP contribution >= 0.6 is 0 Å². The first kappa shape index (κ1) is 25.3. The first-order valence-corrected chi connectivity index (χ1v) is 9.91. The first-order chi connectivity index (χ1) is 16.6. The third-order valence-electron chi connectivity index (χ3n) is 5.28. The SMILES string of the molecule is O=c1c2cc(F)ccc2c(-c2cccc(C(O)(O)F)c2C(O)(O)F)nn1-c1ccc(C(F)(F)F)cc1. The van der Waals surface area contributed by atoms with Gasteiger partial charge >= 0.3 is 18.3 Å². The molecule has 4 aromatic rings. The van der Waals surface area contributed by atoms with Crippen molar-refractivity contribution in [3.8, 4) is 16.9 Å². The molecule has 1 aromatic heterocycles. The molecule has 0 bridgehead atoms. The van der Waals surface area contributed by atoms with E-state index in [0.29, 0.717) is 22.9 Å². The molecule has 0 fully saturated rings. The van der Waals surface area contributed by atoms with E-state index in [1.54, 1.807) is 0 Å². The number of halogens is 6. The van der Waals surface area contributed by atoms with Gasteiger partial charge in [-0.2, -0.15) is 31.7 Å². The molecule has 1 heterocycles. The van der Waals surface area contributed by atoms with Crippen LogP contribution < -0.4 is 5.56 Å². The quantitative estimate of drug-likeness (QED) is 0.246. The highest BCUT2D eigenvalue weighted by Gasteiger charge is 2.40. The zero-order valence-electron chi connectivity index (χ0n) is 17.6. The van der Waals surface area contributed by atoms with Crippen molar-refractivity contribution in [2.45, 2.75) is 18.3 Å². The Morgan fingerprint density at radius 1 is 0.778 bits per heavy atom. The summed E-state index contributed by atoms with van der Waals surface area (Å²) in [6.45, 7) is 0. The summed E-state index contributed by atoms with van der Waals surface area (Å²) in [7, 11) is 0. The molecular weight excluding hydrogens is 498 g/mol. The summed E-state index contributed by atoms with van der Waals surface area (Å²) in [4.78, 5) is 13.1. The maximum absolute atomic E-state index is 14.4. The Morgan fingerprint density at radius 3 is 1.97 bits per heavy atom. The molecule has 0 aliphatic heterocycles. The van der Waals surface area contributed by atoms with Crippen LogP contribution in [-0.4, -0.2) is 30.2 Å². The molecule has 3 aromatic carbocycles. The molecule has 0 saturated heterocycles. The van der Waals surface area contributed by atoms with E-state index >= 15 is 0 Å². The Hall–Kier alpha value is -3.78. The third-order valence-corrected chi connectivity index (χ3v) is 5.28. The van der Waals surface area contributed by atoms with Crippen molar-refractivity contribution in [1.82, 2.24) is 9.78 Å². The van der Waals surface area contributed by atoms with Gasteiger partial charge in [0.1, 0.15) is 5.82 Å². The van der Waals surface area contributed by atoms with Crippen LogP contribution in [0.25, 0.3) is 27.7 Å². The molecule has 36 heavy (non-hydrogen) atoms. The minimum absolute atomic E-state index is 0.201. The largest absolute Gasteiger partial charge is 0.416 e. The van der Waals surface area contributed by atoms with E-state index < -0.39 is 63.0 Å². The Morgan fingerprint density at radius 2 is 1.42 bits per heavy atom. The number of nitrogens with zero attached hydrogens (tertiary/aromatic N) is 2. The number of alkyl halides is 5. The average Bonchev–Trinajstić information content (AvgIpc) is 2.77. The standard InChI is InChI=1S/C23H14F6N2O5/c24-12-6-9-14-16(10-12)20(32)31(13-7-4-11(5-8-13)21(25,26)27)30-19(14)15-2-1-3-17(22(28,33)34)18(15)23(29,35)36/h1-10,33-36H. The number of hydrogen-bond donors (Lipinski definition) is 4. The zero-order valence-corrected chi connectivity index (χ0v) is 17.6. The van der Waals surface area contributed by atoms with Gasteiger partial charge in [-0.15, -0.1) is 0 Å². The molecule has 0 unspecified atom stereocenters. The van der Waals surface area contributed by atoms with Gasteiger partial charge in [-0.3, -0.25) is 4.79 Å². The van der Waals surface area contributed by atoms with E-state index in [9.17, 15) is 51.6 Å². The first-order valence-electron chi connectivity index (χ1n) is 9.91. The van der Waals surface area contributed by atoms with Crippen molar-refractivity contribution >= 4 is 10.8 Å². The van der Waals surface area contributed by atoms with Gasteiger partial charge in [-0.05, 0) is 42.5 Å². The second-order valence-corrected chi connectivity index (χ2v) is 7.70. The van der Waals surface area contributed by atoms with Crippen molar-refractivity contribution in [2.75, 3.05) is 0 Å². The lowest BCUT2D eigenvalue weighted by Crippen LogP contribution is -2.29. The van der Waals surface area contributed by atoms with Gasteiger partial charge in [-0.25, -0.2) is 4.39 Å². The highest BCUT2D eigenvalue weighted by molar-refractivity contribution is 5.95. The van der Waals surface area contributed by atoms with Crippen LogP contribution in [0.4, 0.5) is 26.3 Å². The van der Waals surface area contributed by atoms with Crippen molar-refractivity contribution in [1.29, 1.82) is 0 Å². The Balaban J connectivity index is 2.10. The Bertz CT molecular complexity index is 1520. The fourth-order valence-electron chi connectivity index (χ4n) is 3.74. The fourth-order valence-corrected chi connectivity index (χ4v) is 3.74. The summed E-state index contributed by atoms with van der Waals surface area (Å²) in [6.07, 6.45) is -4.69. The highest BCUT2D eigenvalue weighted by atomic mass is 19.4. The number of aliphatic hydroxyl groups is 4. The summed E-state index contributed by atoms with van der Waals surface area (Å²) in [5.74, 6) is -0.901. The highest BCUT2D eigenvalue weighted by Crippen LogP contribution is 2.39. The number of hydrogen-bond acceptors (Lipinski definition) is 6. The van der Waals surface area contributed by atoms with Crippen LogP contribution in [0.2, 0.25) is 0 Å². The fraction of sp³-hybridized carbons (Fsp3) is 0.130. The summed E-state index contributed by atoms with van der Waals surface area (Å²) < 4.78 is 81.9. The minimum Gasteiger partial charge on any atom is -0.336 e. The summed E-state index contributed by atoms with van der Waals surface area (Å²) >= 11 is 0. The summed E-state index contributed by atoms with van der Waals surface area (Å²) in [6, 6.07) is -0.308. The zero-order chi connectivity index (χ0) is 26.6. The third kappa shape index (κ3) is 4.56. The molecule has 4 N–H and O–H groups in total. The number of fused-ring (bicyclic) bond motifs is 1. The van der Waals surface area contributed by atoms with Crippen molar-refractivity contribution in [3.05, 3.63) is 93.5 Å². The number of rotatable bonds is 4. The van der Waals surface area contributed by atoms with E-state index in [-0.39, 0.29) is 11.1 Å². The molecule has 0 saturated carbocycles. The molecule has 0 amide bonds. The predicted molar refractivity (Wildman–Crippen MR) is 112 cm³/mol. The van der Waals surface area contributed by atoms with Crippen LogP contribution in [0.15, 0.2) is 65.5 Å². The molecular formula is C23H14F6N2O5. The van der Waals surface area contributed by atoms with Crippen LogP contribution in [-0.2, 0) is 18.3 Å². The van der Waals surface area contributed by atoms with Crippen LogP contribution in [0.1, 0.15) is 16.7 Å². The van der Waals surface area contributed by atoms with Gasteiger partial charge in [0, 0.05) is 10.9 Å². The van der Waals surface area contributed by atoms with Crippen molar-refractivity contribution in [2.24, 2.45) is 0 Å². The molecule has 0 aliphatic carbocycles. The van der Waals surface area contributed by atoms with Crippen LogP contribution in [0.5, 0.6) is 0 Å². The molecule has 7 nitrogen and oxygen atoms in total. The van der Waals surface area contributed by atoms with E-state index in [2.05, 4.69) is 5.10 Å². The summed E-state index contributed by atoms with van der Waals surface area (Å²) in [5, 5.41) is 41.5. The van der Waals surface area contributed by atoms with Gasteiger partial charge in [0.25, 0.3) is 5.56 Å². The normalized spacial score (nSPS) is 12.8.